The minimum absolute atomic E-state index is 0.0261. The van der Waals surface area contributed by atoms with E-state index in [2.05, 4.69) is 30.4 Å². The molecule has 1 aliphatic rings. The van der Waals surface area contributed by atoms with E-state index in [-0.39, 0.29) is 24.3 Å². The van der Waals surface area contributed by atoms with Crippen molar-refractivity contribution >= 4 is 11.8 Å². The number of rotatable bonds is 9. The molecule has 36 heavy (non-hydrogen) atoms. The molecule has 1 saturated carbocycles. The molecule has 0 bridgehead atoms. The predicted molar refractivity (Wildman–Crippen MR) is 146 cm³/mol. The smallest absolute Gasteiger partial charge is 0.243 e. The van der Waals surface area contributed by atoms with Crippen LogP contribution in [0.15, 0.2) is 78.9 Å². The molecule has 2 amide bonds. The van der Waals surface area contributed by atoms with Gasteiger partial charge in [0, 0.05) is 19.0 Å². The molecule has 0 aliphatic heterocycles. The molecule has 0 aromatic heterocycles. The normalized spacial score (nSPS) is 14.7. The summed E-state index contributed by atoms with van der Waals surface area (Å²) in [4.78, 5) is 29.5. The lowest BCUT2D eigenvalue weighted by Gasteiger charge is -2.33. The molecule has 1 N–H and O–H groups in total. The molecule has 3 aromatic carbocycles. The third-order valence-electron chi connectivity index (χ3n) is 7.10. The molecule has 188 valence electrons. The van der Waals surface area contributed by atoms with Crippen molar-refractivity contribution < 1.29 is 9.59 Å². The number of aryl methyl sites for hydroxylation is 2. The Kier molecular flexibility index (Phi) is 8.94. The summed E-state index contributed by atoms with van der Waals surface area (Å²) in [6, 6.07) is 25.9. The molecule has 0 radical (unpaired) electrons. The Hall–Kier alpha value is -3.40. The van der Waals surface area contributed by atoms with E-state index < -0.39 is 6.04 Å². The predicted octanol–water partition coefficient (Wildman–Crippen LogP) is 5.93. The van der Waals surface area contributed by atoms with Gasteiger partial charge >= 0.3 is 0 Å². The second-order valence-electron chi connectivity index (χ2n) is 10.2. The molecular formula is C32H38N2O2. The van der Waals surface area contributed by atoms with Crippen LogP contribution in [-0.2, 0) is 29.0 Å². The summed E-state index contributed by atoms with van der Waals surface area (Å²) in [6.07, 6.45) is 6.31. The van der Waals surface area contributed by atoms with Crippen molar-refractivity contribution in [3.63, 3.8) is 0 Å². The van der Waals surface area contributed by atoms with Gasteiger partial charge in [0.2, 0.25) is 11.8 Å². The maximum absolute atomic E-state index is 13.9. The Balaban J connectivity index is 1.65. The summed E-state index contributed by atoms with van der Waals surface area (Å²) in [6.45, 7) is 4.50. The molecule has 0 heterocycles. The lowest BCUT2D eigenvalue weighted by atomic mass is 9.94. The first-order valence-electron chi connectivity index (χ1n) is 13.2. The fourth-order valence-corrected chi connectivity index (χ4v) is 5.20. The van der Waals surface area contributed by atoms with Crippen molar-refractivity contribution in [1.82, 2.24) is 10.2 Å². The van der Waals surface area contributed by atoms with Crippen molar-refractivity contribution in [2.75, 3.05) is 0 Å². The Morgan fingerprint density at radius 2 is 1.42 bits per heavy atom. The van der Waals surface area contributed by atoms with Gasteiger partial charge in [-0.25, -0.2) is 0 Å². The van der Waals surface area contributed by atoms with E-state index >= 15 is 0 Å². The second-order valence-corrected chi connectivity index (χ2v) is 10.2. The largest absolute Gasteiger partial charge is 0.352 e. The van der Waals surface area contributed by atoms with E-state index in [9.17, 15) is 9.59 Å². The molecule has 1 atom stereocenters. The summed E-state index contributed by atoms with van der Waals surface area (Å²) in [7, 11) is 0. The molecule has 4 nitrogen and oxygen atoms in total. The third kappa shape index (κ3) is 7.30. The second kappa shape index (κ2) is 12.5. The van der Waals surface area contributed by atoms with Gasteiger partial charge in [-0.2, -0.15) is 0 Å². The van der Waals surface area contributed by atoms with Gasteiger partial charge in [0.1, 0.15) is 6.04 Å². The zero-order valence-electron chi connectivity index (χ0n) is 21.6. The van der Waals surface area contributed by atoms with E-state index in [4.69, 9.17) is 0 Å². The zero-order valence-corrected chi connectivity index (χ0v) is 21.6. The van der Waals surface area contributed by atoms with Crippen LogP contribution in [0.2, 0.25) is 0 Å². The van der Waals surface area contributed by atoms with Gasteiger partial charge in [-0.05, 0) is 43.4 Å². The van der Waals surface area contributed by atoms with Crippen molar-refractivity contribution in [2.45, 2.75) is 77.4 Å². The molecule has 0 saturated heterocycles. The average molecular weight is 483 g/mol. The number of nitrogens with zero attached hydrogens (tertiary/aromatic N) is 1. The standard InChI is InChI=1S/C32H38N2O2/c1-24-11-9-15-27(19-24)22-31(35)34(23-28-16-10-12-25(2)20-28)30(21-26-13-5-3-6-14-26)32(36)33-29-17-7-4-8-18-29/h3,5-6,9-16,19-20,29-30H,4,7-8,17-18,21-23H2,1-2H3,(H,33,36). The monoisotopic (exact) mass is 482 g/mol. The van der Waals surface area contributed by atoms with E-state index in [1.54, 1.807) is 0 Å². The number of nitrogens with one attached hydrogen (secondary N) is 1. The lowest BCUT2D eigenvalue weighted by Crippen LogP contribution is -2.53. The van der Waals surface area contributed by atoms with Crippen LogP contribution in [0.3, 0.4) is 0 Å². The van der Waals surface area contributed by atoms with Gasteiger partial charge in [-0.15, -0.1) is 0 Å². The molecular weight excluding hydrogens is 444 g/mol. The van der Waals surface area contributed by atoms with Crippen molar-refractivity contribution in [2.24, 2.45) is 0 Å². The molecule has 1 fully saturated rings. The lowest BCUT2D eigenvalue weighted by molar-refractivity contribution is -0.141. The van der Waals surface area contributed by atoms with Crippen LogP contribution < -0.4 is 5.32 Å². The molecule has 4 heteroatoms. The van der Waals surface area contributed by atoms with Crippen LogP contribution in [0, 0.1) is 13.8 Å². The maximum Gasteiger partial charge on any atom is 0.243 e. The maximum atomic E-state index is 13.9. The topological polar surface area (TPSA) is 49.4 Å². The first kappa shape index (κ1) is 25.7. The number of hydrogen-bond donors (Lipinski definition) is 1. The zero-order chi connectivity index (χ0) is 25.3. The highest BCUT2D eigenvalue weighted by molar-refractivity contribution is 5.89. The van der Waals surface area contributed by atoms with Gasteiger partial charge in [0.25, 0.3) is 0 Å². The van der Waals surface area contributed by atoms with Gasteiger partial charge in [0.15, 0.2) is 0 Å². The van der Waals surface area contributed by atoms with E-state index in [1.165, 1.54) is 6.42 Å². The number of benzene rings is 3. The van der Waals surface area contributed by atoms with Gasteiger partial charge in [0.05, 0.1) is 6.42 Å². The third-order valence-corrected chi connectivity index (χ3v) is 7.10. The first-order chi connectivity index (χ1) is 17.5. The van der Waals surface area contributed by atoms with Crippen LogP contribution in [0.1, 0.15) is 59.9 Å². The van der Waals surface area contributed by atoms with Crippen molar-refractivity contribution in [3.8, 4) is 0 Å². The summed E-state index contributed by atoms with van der Waals surface area (Å²) in [5, 5.41) is 3.31. The van der Waals surface area contributed by atoms with Crippen LogP contribution in [0.25, 0.3) is 0 Å². The van der Waals surface area contributed by atoms with Crippen LogP contribution in [0.5, 0.6) is 0 Å². The van der Waals surface area contributed by atoms with Crippen LogP contribution >= 0.6 is 0 Å². The Bertz CT molecular complexity index is 1150. The van der Waals surface area contributed by atoms with Crippen molar-refractivity contribution in [3.05, 3.63) is 107 Å². The fraction of sp³-hybridized carbons (Fsp3) is 0.375. The number of hydrogen-bond acceptors (Lipinski definition) is 2. The Labute approximate surface area is 215 Å². The summed E-state index contributed by atoms with van der Waals surface area (Å²) < 4.78 is 0. The summed E-state index contributed by atoms with van der Waals surface area (Å²) in [5.41, 5.74) is 5.33. The fourth-order valence-electron chi connectivity index (χ4n) is 5.20. The highest BCUT2D eigenvalue weighted by atomic mass is 16.2. The highest BCUT2D eigenvalue weighted by Gasteiger charge is 2.32. The minimum Gasteiger partial charge on any atom is -0.352 e. The Morgan fingerprint density at radius 3 is 2.08 bits per heavy atom. The molecule has 1 unspecified atom stereocenters. The molecule has 1 aliphatic carbocycles. The van der Waals surface area contributed by atoms with Crippen LogP contribution in [0.4, 0.5) is 0 Å². The van der Waals surface area contributed by atoms with Gasteiger partial charge in [-0.1, -0.05) is 109 Å². The van der Waals surface area contributed by atoms with E-state index in [1.807, 2.05) is 72.5 Å². The quantitative estimate of drug-likeness (QED) is 0.411. The van der Waals surface area contributed by atoms with Crippen LogP contribution in [-0.4, -0.2) is 28.8 Å². The molecule has 0 spiro atoms. The summed E-state index contributed by atoms with van der Waals surface area (Å²) in [5.74, 6) is -0.0715. The number of amides is 2. The van der Waals surface area contributed by atoms with Gasteiger partial charge < -0.3 is 10.2 Å². The summed E-state index contributed by atoms with van der Waals surface area (Å²) >= 11 is 0. The molecule has 3 aromatic rings. The van der Waals surface area contributed by atoms with Gasteiger partial charge in [-0.3, -0.25) is 9.59 Å². The highest BCUT2D eigenvalue weighted by Crippen LogP contribution is 2.21. The van der Waals surface area contributed by atoms with Crippen molar-refractivity contribution in [1.29, 1.82) is 0 Å². The SMILES string of the molecule is Cc1cccc(CC(=O)N(Cc2cccc(C)c2)C(Cc2ccccc2)C(=O)NC2CCCCC2)c1. The Morgan fingerprint density at radius 1 is 0.806 bits per heavy atom. The minimum atomic E-state index is -0.577. The number of carbonyl (C=O) groups is 2. The first-order valence-corrected chi connectivity index (χ1v) is 13.2. The number of carbonyl (C=O) groups excluding carboxylic acids is 2. The van der Waals surface area contributed by atoms with E-state index in [0.717, 1.165) is 53.5 Å². The average Bonchev–Trinajstić information content (AvgIpc) is 2.87. The van der Waals surface area contributed by atoms with E-state index in [0.29, 0.717) is 13.0 Å². The molecule has 4 rings (SSSR count).